The molecule has 0 N–H and O–H groups in total. The second-order valence-electron chi connectivity index (χ2n) is 6.52. The number of ether oxygens (including phenoxy) is 1. The van der Waals surface area contributed by atoms with Crippen LogP contribution in [0.4, 0.5) is 0 Å². The molecule has 0 aromatic carbocycles. The quantitative estimate of drug-likeness (QED) is 0.787. The van der Waals surface area contributed by atoms with Gasteiger partial charge in [-0.15, -0.1) is 11.3 Å². The van der Waals surface area contributed by atoms with Gasteiger partial charge in [-0.3, -0.25) is 9.69 Å². The van der Waals surface area contributed by atoms with E-state index in [1.165, 1.54) is 11.3 Å². The van der Waals surface area contributed by atoms with Crippen molar-refractivity contribution in [3.63, 3.8) is 0 Å². The van der Waals surface area contributed by atoms with Crippen molar-refractivity contribution in [3.05, 3.63) is 21.9 Å². The number of hydrogen-bond donors (Lipinski definition) is 0. The average Bonchev–Trinajstić information content (AvgIpc) is 2.85. The fourth-order valence-electron chi connectivity index (χ4n) is 4.17. The Bertz CT molecular complexity index is 580. The molecule has 112 valence electrons. The number of Topliss-reactive ketones (excluding diaryl/α,β-unsaturated/α-hetero) is 1. The van der Waals surface area contributed by atoms with Crippen molar-refractivity contribution in [1.29, 1.82) is 0 Å². The Labute approximate surface area is 128 Å². The van der Waals surface area contributed by atoms with Crippen LogP contribution in [0.1, 0.15) is 40.2 Å². The van der Waals surface area contributed by atoms with Crippen LogP contribution in [-0.4, -0.2) is 41.4 Å². The number of hydrogen-bond acceptors (Lipinski definition) is 5. The number of aryl methyl sites for hydroxylation is 1. The molecule has 2 unspecified atom stereocenters. The molecule has 0 aliphatic carbocycles. The Morgan fingerprint density at radius 1 is 1.24 bits per heavy atom. The van der Waals surface area contributed by atoms with Crippen LogP contribution < -0.4 is 0 Å². The minimum Gasteiger partial charge on any atom is -0.458 e. The second-order valence-corrected chi connectivity index (χ2v) is 7.81. The Kier molecular flexibility index (Phi) is 3.15. The number of ketones is 1. The maximum Gasteiger partial charge on any atom is 0.348 e. The van der Waals surface area contributed by atoms with Crippen LogP contribution >= 0.6 is 11.3 Å². The molecule has 0 radical (unpaired) electrons. The molecule has 5 heterocycles. The molecule has 1 aromatic heterocycles. The molecule has 0 spiro atoms. The lowest BCUT2D eigenvalue weighted by atomic mass is 9.72. The number of fused-ring (bicyclic) bond motifs is 1. The van der Waals surface area contributed by atoms with E-state index in [4.69, 9.17) is 4.74 Å². The van der Waals surface area contributed by atoms with Crippen molar-refractivity contribution >= 4 is 23.1 Å². The molecule has 1 aromatic rings. The van der Waals surface area contributed by atoms with Crippen LogP contribution in [0.25, 0.3) is 0 Å². The minimum atomic E-state index is -0.186. The lowest BCUT2D eigenvalue weighted by Crippen LogP contribution is -2.63. The van der Waals surface area contributed by atoms with Crippen LogP contribution in [0.5, 0.6) is 0 Å². The normalized spacial score (nSPS) is 37.6. The van der Waals surface area contributed by atoms with E-state index in [-0.39, 0.29) is 18.0 Å². The number of thiophene rings is 1. The third kappa shape index (κ3) is 2.32. The smallest absolute Gasteiger partial charge is 0.348 e. The highest BCUT2D eigenvalue weighted by Gasteiger charge is 2.49. The van der Waals surface area contributed by atoms with Crippen molar-refractivity contribution in [3.8, 4) is 0 Å². The molecule has 4 fully saturated rings. The number of carbonyl (C=O) groups is 2. The standard InChI is InChI=1S/C16H19NO3S/c1-9-2-3-15(21-9)16(19)20-13-6-11-4-10-5-12(7-13)17(11)8-14(10)18/h2-3,10-13H,4-8H2,1H3. The lowest BCUT2D eigenvalue weighted by molar-refractivity contribution is -0.145. The zero-order valence-electron chi connectivity index (χ0n) is 12.1. The summed E-state index contributed by atoms with van der Waals surface area (Å²) >= 11 is 1.49. The summed E-state index contributed by atoms with van der Waals surface area (Å²) in [6.45, 7) is 2.61. The van der Waals surface area contributed by atoms with Gasteiger partial charge in [0.15, 0.2) is 0 Å². The molecule has 2 atom stereocenters. The highest BCUT2D eigenvalue weighted by molar-refractivity contribution is 7.13. The van der Waals surface area contributed by atoms with Crippen molar-refractivity contribution in [1.82, 2.24) is 4.90 Å². The Morgan fingerprint density at radius 3 is 2.52 bits per heavy atom. The van der Waals surface area contributed by atoms with E-state index in [0.717, 1.165) is 30.6 Å². The number of piperidine rings is 4. The predicted molar refractivity (Wildman–Crippen MR) is 79.5 cm³/mol. The Balaban J connectivity index is 1.43. The van der Waals surface area contributed by atoms with Gasteiger partial charge in [0, 0.05) is 35.7 Å². The van der Waals surface area contributed by atoms with E-state index in [9.17, 15) is 9.59 Å². The molecule has 21 heavy (non-hydrogen) atoms. The third-order valence-corrected chi connectivity index (χ3v) is 6.11. The number of nitrogens with zero attached hydrogens (tertiary/aromatic N) is 1. The van der Waals surface area contributed by atoms with Crippen molar-refractivity contribution < 1.29 is 14.3 Å². The van der Waals surface area contributed by atoms with Crippen LogP contribution in [0, 0.1) is 12.8 Å². The van der Waals surface area contributed by atoms with Gasteiger partial charge in [-0.1, -0.05) is 0 Å². The molecule has 0 amide bonds. The first-order valence-corrected chi connectivity index (χ1v) is 8.47. The Hall–Kier alpha value is -1.20. The van der Waals surface area contributed by atoms with Crippen molar-refractivity contribution in [2.45, 2.75) is 50.8 Å². The molecule has 4 aliphatic rings. The summed E-state index contributed by atoms with van der Waals surface area (Å²) in [5.74, 6) is 0.489. The van der Waals surface area contributed by atoms with Crippen LogP contribution in [0.15, 0.2) is 12.1 Å². The highest BCUT2D eigenvalue weighted by Crippen LogP contribution is 2.42. The zero-order chi connectivity index (χ0) is 14.6. The zero-order valence-corrected chi connectivity index (χ0v) is 12.9. The number of rotatable bonds is 2. The van der Waals surface area contributed by atoms with Gasteiger partial charge in [-0.05, 0) is 31.9 Å². The van der Waals surface area contributed by atoms with Gasteiger partial charge in [-0.25, -0.2) is 4.79 Å². The third-order valence-electron chi connectivity index (χ3n) is 5.13. The van der Waals surface area contributed by atoms with Gasteiger partial charge >= 0.3 is 5.97 Å². The molecule has 5 heteroatoms. The molecule has 0 saturated carbocycles. The van der Waals surface area contributed by atoms with Gasteiger partial charge in [0.2, 0.25) is 0 Å². The molecule has 4 aliphatic heterocycles. The number of esters is 1. The summed E-state index contributed by atoms with van der Waals surface area (Å²) in [6, 6.07) is 4.66. The first-order chi connectivity index (χ1) is 10.1. The fourth-order valence-corrected chi connectivity index (χ4v) is 4.92. The lowest BCUT2D eigenvalue weighted by Gasteiger charge is -2.54. The average molecular weight is 305 g/mol. The van der Waals surface area contributed by atoms with Crippen LogP contribution in [-0.2, 0) is 9.53 Å². The predicted octanol–water partition coefficient (Wildman–Crippen LogP) is 2.41. The van der Waals surface area contributed by atoms with E-state index >= 15 is 0 Å². The fraction of sp³-hybridized carbons (Fsp3) is 0.625. The van der Waals surface area contributed by atoms with Gasteiger partial charge in [0.1, 0.15) is 16.8 Å². The van der Waals surface area contributed by atoms with E-state index in [1.807, 2.05) is 19.1 Å². The summed E-state index contributed by atoms with van der Waals surface area (Å²) in [6.07, 6.45) is 3.70. The maximum absolute atomic E-state index is 12.2. The molecule has 5 rings (SSSR count). The summed E-state index contributed by atoms with van der Waals surface area (Å²) in [7, 11) is 0. The van der Waals surface area contributed by atoms with Crippen molar-refractivity contribution in [2.75, 3.05) is 6.54 Å². The summed E-state index contributed by atoms with van der Waals surface area (Å²) in [4.78, 5) is 28.2. The van der Waals surface area contributed by atoms with E-state index in [0.29, 0.717) is 29.3 Å². The monoisotopic (exact) mass is 305 g/mol. The van der Waals surface area contributed by atoms with Gasteiger partial charge in [0.05, 0.1) is 6.54 Å². The van der Waals surface area contributed by atoms with Crippen molar-refractivity contribution in [2.24, 2.45) is 5.92 Å². The second kappa shape index (κ2) is 4.92. The van der Waals surface area contributed by atoms with Crippen LogP contribution in [0.3, 0.4) is 0 Å². The molecular formula is C16H19NO3S. The van der Waals surface area contributed by atoms with E-state index in [2.05, 4.69) is 4.90 Å². The molecular weight excluding hydrogens is 286 g/mol. The number of carbonyl (C=O) groups excluding carboxylic acids is 2. The highest BCUT2D eigenvalue weighted by atomic mass is 32.1. The van der Waals surface area contributed by atoms with Gasteiger partial charge < -0.3 is 4.74 Å². The maximum atomic E-state index is 12.2. The first-order valence-electron chi connectivity index (χ1n) is 7.66. The van der Waals surface area contributed by atoms with Gasteiger partial charge in [0.25, 0.3) is 0 Å². The minimum absolute atomic E-state index is 0.0142. The summed E-state index contributed by atoms with van der Waals surface area (Å²) in [5, 5.41) is 0. The molecule has 4 saturated heterocycles. The molecule has 4 nitrogen and oxygen atoms in total. The SMILES string of the molecule is Cc1ccc(C(=O)OC2CC3CC4CC(C2)N3CC4=O)s1. The molecule has 4 bridgehead atoms. The first kappa shape index (κ1) is 13.5. The summed E-state index contributed by atoms with van der Waals surface area (Å²) in [5.41, 5.74) is 0. The van der Waals surface area contributed by atoms with E-state index in [1.54, 1.807) is 0 Å². The summed E-state index contributed by atoms with van der Waals surface area (Å²) < 4.78 is 5.72. The Morgan fingerprint density at radius 2 is 1.95 bits per heavy atom. The van der Waals surface area contributed by atoms with Gasteiger partial charge in [-0.2, -0.15) is 0 Å². The topological polar surface area (TPSA) is 46.6 Å². The largest absolute Gasteiger partial charge is 0.458 e. The van der Waals surface area contributed by atoms with Crippen LogP contribution in [0.2, 0.25) is 0 Å². The van der Waals surface area contributed by atoms with E-state index < -0.39 is 0 Å².